The molecular formula is C22H30N2O2S. The summed E-state index contributed by atoms with van der Waals surface area (Å²) >= 11 is 1.48. The van der Waals surface area contributed by atoms with E-state index >= 15 is 0 Å². The summed E-state index contributed by atoms with van der Waals surface area (Å²) < 4.78 is 5.37. The first-order chi connectivity index (χ1) is 13.3. The Hall–Kier alpha value is -1.59. The minimum absolute atomic E-state index is 0.127. The second-order valence-electron chi connectivity index (χ2n) is 7.17. The van der Waals surface area contributed by atoms with Gasteiger partial charge in [0.2, 0.25) is 0 Å². The van der Waals surface area contributed by atoms with Gasteiger partial charge in [-0.15, -0.1) is 0 Å². The van der Waals surface area contributed by atoms with E-state index in [1.165, 1.54) is 55.9 Å². The number of aliphatic imine (C=N–C) groups is 1. The lowest BCUT2D eigenvalue weighted by Gasteiger charge is -2.27. The number of aryl methyl sites for hydroxylation is 1. The van der Waals surface area contributed by atoms with E-state index in [1.807, 2.05) is 6.08 Å². The summed E-state index contributed by atoms with van der Waals surface area (Å²) in [6, 6.07) is 8.60. The number of hydrogen-bond acceptors (Lipinski definition) is 4. The van der Waals surface area contributed by atoms with E-state index in [0.717, 1.165) is 30.2 Å². The number of rotatable bonds is 8. The SMILES string of the molecule is CCCCCCCCc1ccc(C=C2SC(N3CCOCC3)=NC2=O)cc1. The van der Waals surface area contributed by atoms with Gasteiger partial charge in [0.25, 0.3) is 5.91 Å². The molecule has 2 aliphatic heterocycles. The first-order valence-electron chi connectivity index (χ1n) is 10.2. The maximum absolute atomic E-state index is 12.2. The molecule has 1 saturated heterocycles. The zero-order chi connectivity index (χ0) is 18.9. The highest BCUT2D eigenvalue weighted by Gasteiger charge is 2.26. The molecule has 1 aromatic rings. The van der Waals surface area contributed by atoms with Crippen LogP contribution in [0.15, 0.2) is 34.2 Å². The van der Waals surface area contributed by atoms with Gasteiger partial charge in [-0.1, -0.05) is 63.3 Å². The van der Waals surface area contributed by atoms with E-state index in [1.54, 1.807) is 0 Å². The Morgan fingerprint density at radius 3 is 2.52 bits per heavy atom. The average Bonchev–Trinajstić information content (AvgIpc) is 3.07. The minimum Gasteiger partial charge on any atom is -0.378 e. The summed E-state index contributed by atoms with van der Waals surface area (Å²) in [4.78, 5) is 19.3. The number of carbonyl (C=O) groups is 1. The molecule has 1 amide bonds. The molecule has 0 atom stereocenters. The predicted molar refractivity (Wildman–Crippen MR) is 114 cm³/mol. The second-order valence-corrected chi connectivity index (χ2v) is 8.18. The van der Waals surface area contributed by atoms with Crippen molar-refractivity contribution in [3.63, 3.8) is 0 Å². The summed E-state index contributed by atoms with van der Waals surface area (Å²) in [7, 11) is 0. The number of amidine groups is 1. The Labute approximate surface area is 167 Å². The highest BCUT2D eigenvalue weighted by Crippen LogP contribution is 2.30. The van der Waals surface area contributed by atoms with Crippen LogP contribution in [0.5, 0.6) is 0 Å². The summed E-state index contributed by atoms with van der Waals surface area (Å²) in [5.41, 5.74) is 2.44. The number of benzene rings is 1. The monoisotopic (exact) mass is 386 g/mol. The molecule has 1 fully saturated rings. The Kier molecular flexibility index (Phi) is 7.96. The Bertz CT molecular complexity index is 676. The molecule has 4 nitrogen and oxygen atoms in total. The van der Waals surface area contributed by atoms with Gasteiger partial charge < -0.3 is 9.64 Å². The normalized spacial score (nSPS) is 19.0. The standard InChI is InChI=1S/C22H30N2O2S/c1-2-3-4-5-6-7-8-18-9-11-19(12-10-18)17-20-21(25)23-22(27-20)24-13-15-26-16-14-24/h9-12,17H,2-8,13-16H2,1H3. The van der Waals surface area contributed by atoms with E-state index in [2.05, 4.69) is 41.1 Å². The van der Waals surface area contributed by atoms with Crippen molar-refractivity contribution < 1.29 is 9.53 Å². The fourth-order valence-electron chi connectivity index (χ4n) is 3.33. The van der Waals surface area contributed by atoms with Crippen LogP contribution in [0.2, 0.25) is 0 Å². The van der Waals surface area contributed by atoms with Crippen molar-refractivity contribution in [3.05, 3.63) is 40.3 Å². The van der Waals surface area contributed by atoms with Gasteiger partial charge in [-0.3, -0.25) is 4.79 Å². The number of ether oxygens (including phenoxy) is 1. The number of unbranched alkanes of at least 4 members (excludes halogenated alkanes) is 5. The maximum atomic E-state index is 12.2. The number of nitrogens with zero attached hydrogens (tertiary/aromatic N) is 2. The molecule has 0 radical (unpaired) electrons. The highest BCUT2D eigenvalue weighted by atomic mass is 32.2. The molecule has 0 bridgehead atoms. The van der Waals surface area contributed by atoms with Crippen LogP contribution in [0.3, 0.4) is 0 Å². The predicted octanol–water partition coefficient (Wildman–Crippen LogP) is 4.89. The number of amides is 1. The highest BCUT2D eigenvalue weighted by molar-refractivity contribution is 8.18. The summed E-state index contributed by atoms with van der Waals surface area (Å²) in [6.07, 6.45) is 11.0. The van der Waals surface area contributed by atoms with Crippen LogP contribution in [-0.4, -0.2) is 42.3 Å². The van der Waals surface area contributed by atoms with Gasteiger partial charge in [-0.2, -0.15) is 4.99 Å². The molecule has 2 aliphatic rings. The van der Waals surface area contributed by atoms with Gasteiger partial charge in [0.1, 0.15) is 0 Å². The minimum atomic E-state index is -0.127. The molecule has 0 unspecified atom stereocenters. The largest absolute Gasteiger partial charge is 0.378 e. The molecule has 0 aromatic heterocycles. The van der Waals surface area contributed by atoms with Gasteiger partial charge in [-0.25, -0.2) is 0 Å². The summed E-state index contributed by atoms with van der Waals surface area (Å²) in [6.45, 7) is 5.27. The molecule has 27 heavy (non-hydrogen) atoms. The van der Waals surface area contributed by atoms with Crippen LogP contribution in [0.1, 0.15) is 56.6 Å². The van der Waals surface area contributed by atoms with Crippen LogP contribution in [0.4, 0.5) is 0 Å². The average molecular weight is 387 g/mol. The Balaban J connectivity index is 1.48. The van der Waals surface area contributed by atoms with Gasteiger partial charge in [0.05, 0.1) is 18.1 Å². The van der Waals surface area contributed by atoms with Crippen LogP contribution >= 0.6 is 11.8 Å². The molecule has 0 aliphatic carbocycles. The number of thioether (sulfide) groups is 1. The van der Waals surface area contributed by atoms with E-state index in [9.17, 15) is 4.79 Å². The third kappa shape index (κ3) is 6.22. The summed E-state index contributed by atoms with van der Waals surface area (Å²) in [5, 5.41) is 0.814. The Morgan fingerprint density at radius 2 is 1.78 bits per heavy atom. The first kappa shape index (κ1) is 20.2. The molecule has 0 spiro atoms. The van der Waals surface area contributed by atoms with Crippen molar-refractivity contribution in [2.45, 2.75) is 51.9 Å². The molecular weight excluding hydrogens is 356 g/mol. The maximum Gasteiger partial charge on any atom is 0.286 e. The topological polar surface area (TPSA) is 41.9 Å². The Morgan fingerprint density at radius 1 is 1.07 bits per heavy atom. The van der Waals surface area contributed by atoms with Crippen LogP contribution < -0.4 is 0 Å². The van der Waals surface area contributed by atoms with Crippen molar-refractivity contribution in [2.24, 2.45) is 4.99 Å². The van der Waals surface area contributed by atoms with Crippen molar-refractivity contribution in [3.8, 4) is 0 Å². The van der Waals surface area contributed by atoms with Crippen LogP contribution in [-0.2, 0) is 16.0 Å². The lowest BCUT2D eigenvalue weighted by atomic mass is 10.0. The van der Waals surface area contributed by atoms with Crippen molar-refractivity contribution >= 4 is 28.9 Å². The van der Waals surface area contributed by atoms with Crippen molar-refractivity contribution in [2.75, 3.05) is 26.3 Å². The zero-order valence-corrected chi connectivity index (χ0v) is 17.1. The van der Waals surface area contributed by atoms with Crippen LogP contribution in [0, 0.1) is 0 Å². The quantitative estimate of drug-likeness (QED) is 0.471. The molecule has 2 heterocycles. The lowest BCUT2D eigenvalue weighted by Crippen LogP contribution is -2.38. The van der Waals surface area contributed by atoms with Gasteiger partial charge in [-0.05, 0) is 41.8 Å². The fraction of sp³-hybridized carbons (Fsp3) is 0.545. The zero-order valence-electron chi connectivity index (χ0n) is 16.3. The van der Waals surface area contributed by atoms with Crippen molar-refractivity contribution in [1.29, 1.82) is 0 Å². The third-order valence-electron chi connectivity index (χ3n) is 4.99. The molecule has 5 heteroatoms. The second kappa shape index (κ2) is 10.7. The van der Waals surface area contributed by atoms with Gasteiger partial charge >= 0.3 is 0 Å². The van der Waals surface area contributed by atoms with Crippen molar-refractivity contribution in [1.82, 2.24) is 4.90 Å². The molecule has 0 N–H and O–H groups in total. The van der Waals surface area contributed by atoms with E-state index in [4.69, 9.17) is 4.74 Å². The summed E-state index contributed by atoms with van der Waals surface area (Å²) in [5.74, 6) is -0.127. The lowest BCUT2D eigenvalue weighted by molar-refractivity contribution is -0.113. The van der Waals surface area contributed by atoms with Crippen LogP contribution in [0.25, 0.3) is 6.08 Å². The first-order valence-corrected chi connectivity index (χ1v) is 11.0. The smallest absolute Gasteiger partial charge is 0.286 e. The number of carbonyl (C=O) groups excluding carboxylic acids is 1. The van der Waals surface area contributed by atoms with E-state index < -0.39 is 0 Å². The van der Waals surface area contributed by atoms with E-state index in [-0.39, 0.29) is 5.91 Å². The molecule has 3 rings (SSSR count). The van der Waals surface area contributed by atoms with Gasteiger partial charge in [0.15, 0.2) is 5.17 Å². The number of morpholine rings is 1. The third-order valence-corrected chi connectivity index (χ3v) is 6.03. The van der Waals surface area contributed by atoms with E-state index in [0.29, 0.717) is 18.1 Å². The fourth-order valence-corrected chi connectivity index (χ4v) is 4.29. The van der Waals surface area contributed by atoms with Gasteiger partial charge in [0, 0.05) is 13.1 Å². The molecule has 1 aromatic carbocycles. The number of hydrogen-bond donors (Lipinski definition) is 0. The molecule has 146 valence electrons. The molecule has 0 saturated carbocycles.